The summed E-state index contributed by atoms with van der Waals surface area (Å²) in [5.41, 5.74) is -1.50. The van der Waals surface area contributed by atoms with Crippen LogP contribution in [0.3, 0.4) is 0 Å². The molecule has 0 radical (unpaired) electrons. The van der Waals surface area contributed by atoms with E-state index in [9.17, 15) is 27.5 Å². The average Bonchev–Trinajstić information content (AvgIpc) is 3.27. The number of halogens is 4. The van der Waals surface area contributed by atoms with Crippen LogP contribution in [0.5, 0.6) is 0 Å². The molecule has 202 valence electrons. The molecule has 2 aromatic carbocycles. The Kier molecular flexibility index (Phi) is 8.00. The Morgan fingerprint density at radius 2 is 1.78 bits per heavy atom. The van der Waals surface area contributed by atoms with E-state index in [1.54, 1.807) is 0 Å². The fraction of sp³-hybridized carbons (Fsp3) is 0.552. The van der Waals surface area contributed by atoms with Crippen LogP contribution >= 0.6 is 0 Å². The number of rotatable bonds is 7. The Balaban J connectivity index is 1.41. The van der Waals surface area contributed by atoms with Gasteiger partial charge in [-0.15, -0.1) is 0 Å². The normalized spacial score (nSPS) is 24.4. The van der Waals surface area contributed by atoms with Crippen molar-refractivity contribution >= 4 is 5.91 Å². The molecular formula is C29H36F4N2O2. The molecular weight excluding hydrogens is 484 g/mol. The van der Waals surface area contributed by atoms with Crippen molar-refractivity contribution in [1.29, 1.82) is 0 Å². The van der Waals surface area contributed by atoms with Crippen LogP contribution in [0.1, 0.15) is 69.1 Å². The van der Waals surface area contributed by atoms with E-state index in [-0.39, 0.29) is 30.0 Å². The Morgan fingerprint density at radius 3 is 2.41 bits per heavy atom. The maximum Gasteiger partial charge on any atom is 0.416 e. The van der Waals surface area contributed by atoms with Gasteiger partial charge in [-0.25, -0.2) is 4.39 Å². The van der Waals surface area contributed by atoms with E-state index in [1.165, 1.54) is 0 Å². The zero-order valence-electron chi connectivity index (χ0n) is 21.5. The third kappa shape index (κ3) is 6.34. The largest absolute Gasteiger partial charge is 0.416 e. The van der Waals surface area contributed by atoms with Gasteiger partial charge >= 0.3 is 6.18 Å². The van der Waals surface area contributed by atoms with Gasteiger partial charge in [-0.1, -0.05) is 44.2 Å². The second-order valence-corrected chi connectivity index (χ2v) is 11.2. The van der Waals surface area contributed by atoms with Crippen LogP contribution in [-0.4, -0.2) is 35.0 Å². The van der Waals surface area contributed by atoms with Gasteiger partial charge < -0.3 is 15.3 Å². The number of hydrogen-bond donors (Lipinski definition) is 2. The number of carbonyl (C=O) groups is 1. The summed E-state index contributed by atoms with van der Waals surface area (Å²) < 4.78 is 53.1. The summed E-state index contributed by atoms with van der Waals surface area (Å²) in [5.74, 6) is -0.892. The van der Waals surface area contributed by atoms with Crippen molar-refractivity contribution in [3.8, 4) is 0 Å². The van der Waals surface area contributed by atoms with E-state index >= 15 is 0 Å². The zero-order valence-corrected chi connectivity index (χ0v) is 21.5. The predicted molar refractivity (Wildman–Crippen MR) is 134 cm³/mol. The fourth-order valence-corrected chi connectivity index (χ4v) is 6.26. The monoisotopic (exact) mass is 520 g/mol. The Labute approximate surface area is 216 Å². The summed E-state index contributed by atoms with van der Waals surface area (Å²) >= 11 is 0. The van der Waals surface area contributed by atoms with Gasteiger partial charge in [0, 0.05) is 25.7 Å². The van der Waals surface area contributed by atoms with E-state index in [1.807, 2.05) is 30.3 Å². The number of amides is 1. The molecule has 0 bridgehead atoms. The smallest absolute Gasteiger partial charge is 0.385 e. The molecule has 2 N–H and O–H groups in total. The van der Waals surface area contributed by atoms with Crippen LogP contribution in [0.15, 0.2) is 48.5 Å². The third-order valence-electron chi connectivity index (χ3n) is 8.05. The molecule has 1 saturated heterocycles. The summed E-state index contributed by atoms with van der Waals surface area (Å²) in [7, 11) is 0. The molecule has 1 saturated carbocycles. The molecule has 1 aliphatic heterocycles. The molecule has 1 heterocycles. The first-order chi connectivity index (χ1) is 17.4. The van der Waals surface area contributed by atoms with Crippen molar-refractivity contribution in [2.45, 2.75) is 76.7 Å². The van der Waals surface area contributed by atoms with E-state index in [0.29, 0.717) is 38.2 Å². The first-order valence-corrected chi connectivity index (χ1v) is 13.1. The summed E-state index contributed by atoms with van der Waals surface area (Å²) in [6.45, 7) is 5.44. The van der Waals surface area contributed by atoms with Crippen LogP contribution in [-0.2, 0) is 23.1 Å². The maximum absolute atomic E-state index is 13.8. The fourth-order valence-electron chi connectivity index (χ4n) is 6.26. The number of aliphatic hydroxyl groups is 1. The van der Waals surface area contributed by atoms with Gasteiger partial charge in [0.15, 0.2) is 0 Å². The van der Waals surface area contributed by atoms with Gasteiger partial charge in [0.05, 0.1) is 16.6 Å². The van der Waals surface area contributed by atoms with Crippen molar-refractivity contribution in [2.75, 3.05) is 13.1 Å². The SMILES string of the molecule is CC(C)CC1(C(=O)NCc2cc(F)cc(C(F)(F)F)c2)CCC(N2CCC(O)(c3ccccc3)CC2)C1. The molecule has 1 aliphatic carbocycles. The molecule has 2 fully saturated rings. The van der Waals surface area contributed by atoms with E-state index < -0.39 is 28.6 Å². The first-order valence-electron chi connectivity index (χ1n) is 13.1. The number of nitrogens with zero attached hydrogens (tertiary/aromatic N) is 1. The second-order valence-electron chi connectivity index (χ2n) is 11.2. The maximum atomic E-state index is 13.8. The van der Waals surface area contributed by atoms with Gasteiger partial charge in [0.25, 0.3) is 0 Å². The van der Waals surface area contributed by atoms with Gasteiger partial charge in [-0.2, -0.15) is 13.2 Å². The van der Waals surface area contributed by atoms with E-state index in [2.05, 4.69) is 24.1 Å². The molecule has 2 unspecified atom stereocenters. The Hall–Kier alpha value is -2.45. The van der Waals surface area contributed by atoms with Crippen LogP contribution < -0.4 is 5.32 Å². The van der Waals surface area contributed by atoms with Gasteiger partial charge in [0.1, 0.15) is 5.82 Å². The highest BCUT2D eigenvalue weighted by atomic mass is 19.4. The summed E-state index contributed by atoms with van der Waals surface area (Å²) in [5, 5.41) is 14.0. The molecule has 2 aromatic rings. The third-order valence-corrected chi connectivity index (χ3v) is 8.05. The van der Waals surface area contributed by atoms with Crippen molar-refractivity contribution in [3.63, 3.8) is 0 Å². The number of alkyl halides is 3. The number of piperidine rings is 1. The minimum atomic E-state index is -4.65. The van der Waals surface area contributed by atoms with Crippen molar-refractivity contribution in [2.24, 2.45) is 11.3 Å². The number of hydrogen-bond acceptors (Lipinski definition) is 3. The molecule has 1 amide bonds. The lowest BCUT2D eigenvalue weighted by atomic mass is 9.77. The van der Waals surface area contributed by atoms with Crippen LogP contribution in [0.4, 0.5) is 17.6 Å². The van der Waals surface area contributed by atoms with Crippen molar-refractivity contribution < 1.29 is 27.5 Å². The molecule has 2 atom stereocenters. The molecule has 0 spiro atoms. The van der Waals surface area contributed by atoms with E-state index in [0.717, 1.165) is 37.2 Å². The second kappa shape index (κ2) is 10.7. The summed E-state index contributed by atoms with van der Waals surface area (Å²) in [6.07, 6.45) is -0.526. The number of benzene rings is 2. The molecule has 4 rings (SSSR count). The molecule has 4 nitrogen and oxygen atoms in total. The average molecular weight is 521 g/mol. The van der Waals surface area contributed by atoms with Gasteiger partial charge in [-0.05, 0) is 73.8 Å². The van der Waals surface area contributed by atoms with Crippen molar-refractivity contribution in [1.82, 2.24) is 10.2 Å². The number of likely N-dealkylation sites (tertiary alicyclic amines) is 1. The molecule has 8 heteroatoms. The number of nitrogens with one attached hydrogen (secondary N) is 1. The topological polar surface area (TPSA) is 52.6 Å². The minimum absolute atomic E-state index is 0.0890. The molecule has 37 heavy (non-hydrogen) atoms. The highest BCUT2D eigenvalue weighted by Gasteiger charge is 2.48. The minimum Gasteiger partial charge on any atom is -0.385 e. The predicted octanol–water partition coefficient (Wildman–Crippen LogP) is 6.03. The highest BCUT2D eigenvalue weighted by molar-refractivity contribution is 5.83. The summed E-state index contributed by atoms with van der Waals surface area (Å²) in [4.78, 5) is 15.8. The van der Waals surface area contributed by atoms with Gasteiger partial charge in [-0.3, -0.25) is 4.79 Å². The Bertz CT molecular complexity index is 1080. The quantitative estimate of drug-likeness (QED) is 0.439. The Morgan fingerprint density at radius 1 is 1.11 bits per heavy atom. The lowest BCUT2D eigenvalue weighted by molar-refractivity contribution is -0.137. The lowest BCUT2D eigenvalue weighted by Crippen LogP contribution is -2.47. The number of carbonyl (C=O) groups excluding carboxylic acids is 1. The first kappa shape index (κ1) is 27.6. The highest BCUT2D eigenvalue weighted by Crippen LogP contribution is 2.46. The standard InChI is InChI=1S/C29H36F4N2O2/c1-20(2)17-27(26(36)34-19-21-14-23(29(31,32)33)16-24(30)15-21)9-8-25(18-27)35-12-10-28(37,11-13-35)22-6-4-3-5-7-22/h3-7,14-16,20,25,37H,8-13,17-19H2,1-2H3,(H,34,36). The van der Waals surface area contributed by atoms with E-state index in [4.69, 9.17) is 0 Å². The van der Waals surface area contributed by atoms with Crippen LogP contribution in [0.2, 0.25) is 0 Å². The van der Waals surface area contributed by atoms with Crippen molar-refractivity contribution in [3.05, 3.63) is 71.0 Å². The zero-order chi connectivity index (χ0) is 26.8. The molecule has 0 aromatic heterocycles. The van der Waals surface area contributed by atoms with Crippen LogP contribution in [0, 0.1) is 17.2 Å². The molecule has 2 aliphatic rings. The van der Waals surface area contributed by atoms with Crippen LogP contribution in [0.25, 0.3) is 0 Å². The summed E-state index contributed by atoms with van der Waals surface area (Å²) in [6, 6.07) is 12.3. The van der Waals surface area contributed by atoms with Gasteiger partial charge in [0.2, 0.25) is 5.91 Å². The lowest BCUT2D eigenvalue weighted by Gasteiger charge is -2.41.